The number of aliphatic imine (C=N–C) groups is 1. The third kappa shape index (κ3) is 6.13. The quantitative estimate of drug-likeness (QED) is 0.280. The van der Waals surface area contributed by atoms with Crippen LogP contribution < -0.4 is 4.74 Å². The second-order valence-corrected chi connectivity index (χ2v) is 10.3. The van der Waals surface area contributed by atoms with E-state index >= 15 is 0 Å². The van der Waals surface area contributed by atoms with E-state index in [9.17, 15) is 9.59 Å². The normalized spacial score (nSPS) is 15.7. The number of hydrogen-bond acceptors (Lipinski definition) is 5. The second-order valence-electron chi connectivity index (χ2n) is 7.62. The van der Waals surface area contributed by atoms with Gasteiger partial charge in [0.2, 0.25) is 0 Å². The minimum atomic E-state index is -1.00. The van der Waals surface area contributed by atoms with Gasteiger partial charge in [0.05, 0.1) is 20.6 Å². The fourth-order valence-electron chi connectivity index (χ4n) is 3.33. The van der Waals surface area contributed by atoms with E-state index < -0.39 is 5.97 Å². The summed E-state index contributed by atoms with van der Waals surface area (Å²) in [5.41, 5.74) is 2.38. The maximum atomic E-state index is 13.0. The number of ether oxygens (including phenoxy) is 1. The summed E-state index contributed by atoms with van der Waals surface area (Å²) >= 11 is 17.0. The molecule has 36 heavy (non-hydrogen) atoms. The number of amidine groups is 1. The van der Waals surface area contributed by atoms with Gasteiger partial charge in [0.25, 0.3) is 5.91 Å². The monoisotopic (exact) mass is 604 g/mol. The van der Waals surface area contributed by atoms with E-state index in [4.69, 9.17) is 33.0 Å². The van der Waals surface area contributed by atoms with Crippen molar-refractivity contribution in [1.82, 2.24) is 4.90 Å². The van der Waals surface area contributed by atoms with Crippen LogP contribution in [0.15, 0.2) is 75.0 Å². The number of likely N-dealkylation sites (N-methyl/N-ethyl adjacent to an activating group) is 1. The lowest BCUT2D eigenvalue weighted by Crippen LogP contribution is -2.28. The standard InChI is InChI=1S/C26H19BrCl2N2O4S/c1-2-31-24(32)23(36-26(31)30-19-8-5-16(6-9-19)25(33)34)12-15-3-10-22(20(27)11-15)35-14-17-4-7-18(28)13-21(17)29/h3-13H,2,14H2,1H3,(H,33,34). The summed E-state index contributed by atoms with van der Waals surface area (Å²) in [6.07, 6.45) is 1.80. The van der Waals surface area contributed by atoms with E-state index in [1.54, 1.807) is 35.2 Å². The Bertz CT molecular complexity index is 1390. The zero-order chi connectivity index (χ0) is 25.8. The third-order valence-corrected chi connectivity index (χ3v) is 7.41. The van der Waals surface area contributed by atoms with Crippen LogP contribution in [0.25, 0.3) is 6.08 Å². The van der Waals surface area contributed by atoms with Crippen molar-refractivity contribution < 1.29 is 19.4 Å². The van der Waals surface area contributed by atoms with Gasteiger partial charge in [0, 0.05) is 22.2 Å². The van der Waals surface area contributed by atoms with Crippen LogP contribution in [0.5, 0.6) is 5.75 Å². The maximum absolute atomic E-state index is 13.0. The number of benzene rings is 3. The van der Waals surface area contributed by atoms with Crippen molar-refractivity contribution in [3.8, 4) is 5.75 Å². The summed E-state index contributed by atoms with van der Waals surface area (Å²) in [6.45, 7) is 2.61. The van der Waals surface area contributed by atoms with Gasteiger partial charge in [0.15, 0.2) is 5.17 Å². The van der Waals surface area contributed by atoms with Gasteiger partial charge in [-0.25, -0.2) is 9.79 Å². The van der Waals surface area contributed by atoms with Crippen molar-refractivity contribution in [3.05, 3.63) is 96.8 Å². The van der Waals surface area contributed by atoms with E-state index in [0.717, 1.165) is 15.6 Å². The summed E-state index contributed by atoms with van der Waals surface area (Å²) in [7, 11) is 0. The number of amides is 1. The zero-order valence-electron chi connectivity index (χ0n) is 18.9. The number of carbonyl (C=O) groups is 2. The average molecular weight is 606 g/mol. The second kappa shape index (κ2) is 11.5. The first-order valence-electron chi connectivity index (χ1n) is 10.7. The minimum Gasteiger partial charge on any atom is -0.488 e. The van der Waals surface area contributed by atoms with Crippen LogP contribution in [0.4, 0.5) is 5.69 Å². The topological polar surface area (TPSA) is 79.2 Å². The predicted molar refractivity (Wildman–Crippen MR) is 148 cm³/mol. The molecule has 0 aromatic heterocycles. The number of rotatable bonds is 7. The first kappa shape index (κ1) is 26.3. The van der Waals surface area contributed by atoms with Crippen molar-refractivity contribution in [2.75, 3.05) is 6.54 Å². The third-order valence-electron chi connectivity index (χ3n) is 5.20. The fourth-order valence-corrected chi connectivity index (χ4v) is 5.37. The number of aromatic carboxylic acids is 1. The molecular formula is C26H19BrCl2N2O4S. The number of carboxylic acids is 1. The summed E-state index contributed by atoms with van der Waals surface area (Å²) in [4.78, 5) is 30.7. The Morgan fingerprint density at radius 2 is 1.89 bits per heavy atom. The molecule has 0 atom stereocenters. The number of carboxylic acid groups (broad SMARTS) is 1. The van der Waals surface area contributed by atoms with Crippen LogP contribution in [0, 0.1) is 0 Å². The van der Waals surface area contributed by atoms with Crippen LogP contribution in [0.2, 0.25) is 10.0 Å². The molecule has 0 radical (unpaired) electrons. The molecule has 6 nitrogen and oxygen atoms in total. The highest BCUT2D eigenvalue weighted by molar-refractivity contribution is 9.10. The van der Waals surface area contributed by atoms with Crippen LogP contribution in [0.1, 0.15) is 28.4 Å². The minimum absolute atomic E-state index is 0.141. The van der Waals surface area contributed by atoms with Gasteiger partial charge in [-0.1, -0.05) is 35.3 Å². The molecule has 1 aliphatic rings. The molecule has 184 valence electrons. The largest absolute Gasteiger partial charge is 0.488 e. The number of carbonyl (C=O) groups excluding carboxylic acids is 1. The van der Waals surface area contributed by atoms with Gasteiger partial charge < -0.3 is 9.84 Å². The summed E-state index contributed by atoms with van der Waals surface area (Å²) < 4.78 is 6.63. The van der Waals surface area contributed by atoms with Gasteiger partial charge in [-0.2, -0.15) is 0 Å². The van der Waals surface area contributed by atoms with Crippen LogP contribution >= 0.6 is 50.9 Å². The molecule has 1 fully saturated rings. The lowest BCUT2D eigenvalue weighted by atomic mass is 10.2. The van der Waals surface area contributed by atoms with Crippen molar-refractivity contribution in [3.63, 3.8) is 0 Å². The Hall–Kier alpha value is -2.78. The first-order valence-corrected chi connectivity index (χ1v) is 13.1. The predicted octanol–water partition coefficient (Wildman–Crippen LogP) is 7.66. The molecule has 1 aliphatic heterocycles. The number of halogens is 3. The van der Waals surface area contributed by atoms with Gasteiger partial charge >= 0.3 is 5.97 Å². The number of nitrogens with zero attached hydrogens (tertiary/aromatic N) is 2. The van der Waals surface area contributed by atoms with Crippen molar-refractivity contribution in [2.24, 2.45) is 4.99 Å². The lowest BCUT2D eigenvalue weighted by molar-refractivity contribution is -0.122. The van der Waals surface area contributed by atoms with Crippen LogP contribution in [-0.2, 0) is 11.4 Å². The van der Waals surface area contributed by atoms with Crippen molar-refractivity contribution >= 4 is 79.7 Å². The summed E-state index contributed by atoms with van der Waals surface area (Å²) in [5, 5.41) is 10.7. The van der Waals surface area contributed by atoms with E-state index in [-0.39, 0.29) is 18.1 Å². The number of hydrogen-bond donors (Lipinski definition) is 1. The SMILES string of the molecule is CCN1C(=O)C(=Cc2ccc(OCc3ccc(Cl)cc3Cl)c(Br)c2)SC1=Nc1ccc(C(=O)O)cc1. The molecule has 1 amide bonds. The smallest absolute Gasteiger partial charge is 0.335 e. The maximum Gasteiger partial charge on any atom is 0.335 e. The highest BCUT2D eigenvalue weighted by Crippen LogP contribution is 2.35. The molecule has 3 aromatic carbocycles. The van der Waals surface area contributed by atoms with E-state index in [2.05, 4.69) is 20.9 Å². The molecule has 1 N–H and O–H groups in total. The Labute approximate surface area is 230 Å². The van der Waals surface area contributed by atoms with E-state index in [0.29, 0.717) is 38.1 Å². The van der Waals surface area contributed by atoms with Gasteiger partial charge in [-0.05, 0) is 94.8 Å². The summed E-state index contributed by atoms with van der Waals surface area (Å²) in [6, 6.07) is 17.0. The molecule has 0 saturated carbocycles. The Morgan fingerprint density at radius 1 is 1.14 bits per heavy atom. The first-order chi connectivity index (χ1) is 17.2. The molecule has 3 aromatic rings. The fraction of sp³-hybridized carbons (Fsp3) is 0.115. The molecule has 1 saturated heterocycles. The van der Waals surface area contributed by atoms with E-state index in [1.807, 2.05) is 31.2 Å². The zero-order valence-corrected chi connectivity index (χ0v) is 22.8. The average Bonchev–Trinajstić information content (AvgIpc) is 3.13. The van der Waals surface area contributed by atoms with Gasteiger partial charge in [-0.15, -0.1) is 0 Å². The lowest BCUT2D eigenvalue weighted by Gasteiger charge is -2.12. The Kier molecular flexibility index (Phi) is 8.41. The molecule has 10 heteroatoms. The molecule has 0 aliphatic carbocycles. The van der Waals surface area contributed by atoms with Crippen molar-refractivity contribution in [1.29, 1.82) is 0 Å². The van der Waals surface area contributed by atoms with Crippen molar-refractivity contribution in [2.45, 2.75) is 13.5 Å². The number of thioether (sulfide) groups is 1. The molecule has 0 unspecified atom stereocenters. The van der Waals surface area contributed by atoms with E-state index in [1.165, 1.54) is 23.9 Å². The van der Waals surface area contributed by atoms with Gasteiger partial charge in [0.1, 0.15) is 12.4 Å². The summed E-state index contributed by atoms with van der Waals surface area (Å²) in [5.74, 6) is -0.510. The van der Waals surface area contributed by atoms with Crippen LogP contribution in [0.3, 0.4) is 0 Å². The molecule has 0 bridgehead atoms. The molecule has 1 heterocycles. The Morgan fingerprint density at radius 3 is 2.53 bits per heavy atom. The highest BCUT2D eigenvalue weighted by Gasteiger charge is 2.32. The Balaban J connectivity index is 1.50. The van der Waals surface area contributed by atoms with Crippen LogP contribution in [-0.4, -0.2) is 33.6 Å². The molecule has 0 spiro atoms. The molecule has 4 rings (SSSR count). The molecular weight excluding hydrogens is 587 g/mol. The van der Waals surface area contributed by atoms with Gasteiger partial charge in [-0.3, -0.25) is 9.69 Å². The highest BCUT2D eigenvalue weighted by atomic mass is 79.9.